The Labute approximate surface area is 112 Å². The maximum absolute atomic E-state index is 12.3. The summed E-state index contributed by atoms with van der Waals surface area (Å²) in [5.41, 5.74) is 0. The zero-order valence-electron chi connectivity index (χ0n) is 12.5. The fourth-order valence-electron chi connectivity index (χ4n) is 2.89. The van der Waals surface area contributed by atoms with Crippen LogP contribution in [-0.2, 0) is 4.79 Å². The fourth-order valence-corrected chi connectivity index (χ4v) is 2.89. The predicted octanol–water partition coefficient (Wildman–Crippen LogP) is 2.66. The van der Waals surface area contributed by atoms with Gasteiger partial charge in [-0.1, -0.05) is 20.3 Å². The molecule has 0 aromatic carbocycles. The second-order valence-corrected chi connectivity index (χ2v) is 5.66. The highest BCUT2D eigenvalue weighted by molar-refractivity contribution is 5.82. The molecule has 1 aliphatic rings. The van der Waals surface area contributed by atoms with Crippen molar-refractivity contribution in [3.8, 4) is 0 Å². The van der Waals surface area contributed by atoms with Crippen LogP contribution in [0.5, 0.6) is 0 Å². The standard InChI is InChI=1S/C15H30N2O/c1-5-12(4)10-13-8-9-16-14(11-13)15(18)17(6-2)7-3/h12-14,16H,5-11H2,1-4H3. The van der Waals surface area contributed by atoms with Gasteiger partial charge in [-0.2, -0.15) is 0 Å². The van der Waals surface area contributed by atoms with Gasteiger partial charge in [0.15, 0.2) is 0 Å². The van der Waals surface area contributed by atoms with Gasteiger partial charge in [0.05, 0.1) is 6.04 Å². The van der Waals surface area contributed by atoms with E-state index in [1.54, 1.807) is 0 Å². The van der Waals surface area contributed by atoms with Crippen molar-refractivity contribution in [1.82, 2.24) is 10.2 Å². The molecule has 3 nitrogen and oxygen atoms in total. The van der Waals surface area contributed by atoms with Crippen molar-refractivity contribution in [3.63, 3.8) is 0 Å². The molecule has 3 unspecified atom stereocenters. The second kappa shape index (κ2) is 7.78. The van der Waals surface area contributed by atoms with E-state index in [2.05, 4.69) is 33.0 Å². The first-order chi connectivity index (χ1) is 8.62. The molecular formula is C15H30N2O. The summed E-state index contributed by atoms with van der Waals surface area (Å²) in [5.74, 6) is 1.82. The summed E-state index contributed by atoms with van der Waals surface area (Å²) in [7, 11) is 0. The van der Waals surface area contributed by atoms with Crippen molar-refractivity contribution in [1.29, 1.82) is 0 Å². The first kappa shape index (κ1) is 15.5. The summed E-state index contributed by atoms with van der Waals surface area (Å²) < 4.78 is 0. The molecule has 3 atom stereocenters. The number of likely N-dealkylation sites (N-methyl/N-ethyl adjacent to an activating group) is 1. The van der Waals surface area contributed by atoms with E-state index < -0.39 is 0 Å². The predicted molar refractivity (Wildman–Crippen MR) is 76.5 cm³/mol. The van der Waals surface area contributed by atoms with Crippen molar-refractivity contribution in [2.45, 2.75) is 59.4 Å². The van der Waals surface area contributed by atoms with Crippen LogP contribution in [0.2, 0.25) is 0 Å². The second-order valence-electron chi connectivity index (χ2n) is 5.66. The van der Waals surface area contributed by atoms with Crippen LogP contribution in [0.1, 0.15) is 53.4 Å². The topological polar surface area (TPSA) is 32.3 Å². The number of carbonyl (C=O) groups excluding carboxylic acids is 1. The number of hydrogen-bond acceptors (Lipinski definition) is 2. The molecule has 1 aliphatic heterocycles. The quantitative estimate of drug-likeness (QED) is 0.790. The Morgan fingerprint density at radius 1 is 1.33 bits per heavy atom. The largest absolute Gasteiger partial charge is 0.342 e. The fraction of sp³-hybridized carbons (Fsp3) is 0.933. The van der Waals surface area contributed by atoms with Gasteiger partial charge in [-0.05, 0) is 51.5 Å². The Morgan fingerprint density at radius 2 is 2.00 bits per heavy atom. The lowest BCUT2D eigenvalue weighted by molar-refractivity contribution is -0.134. The first-order valence-corrected chi connectivity index (χ1v) is 7.64. The molecule has 0 bridgehead atoms. The lowest BCUT2D eigenvalue weighted by Gasteiger charge is -2.33. The van der Waals surface area contributed by atoms with Crippen molar-refractivity contribution >= 4 is 5.91 Å². The third-order valence-corrected chi connectivity index (χ3v) is 4.32. The van der Waals surface area contributed by atoms with Gasteiger partial charge >= 0.3 is 0 Å². The summed E-state index contributed by atoms with van der Waals surface area (Å²) >= 11 is 0. The van der Waals surface area contributed by atoms with E-state index >= 15 is 0 Å². The van der Waals surface area contributed by atoms with E-state index in [4.69, 9.17) is 0 Å². The molecule has 0 aromatic rings. The molecule has 0 aromatic heterocycles. The first-order valence-electron chi connectivity index (χ1n) is 7.64. The maximum Gasteiger partial charge on any atom is 0.239 e. The molecule has 106 valence electrons. The Hall–Kier alpha value is -0.570. The highest BCUT2D eigenvalue weighted by Gasteiger charge is 2.29. The number of rotatable bonds is 6. The molecule has 18 heavy (non-hydrogen) atoms. The molecule has 1 N–H and O–H groups in total. The Bertz CT molecular complexity index is 251. The molecule has 1 rings (SSSR count). The van der Waals surface area contributed by atoms with Crippen molar-refractivity contribution in [2.24, 2.45) is 11.8 Å². The maximum atomic E-state index is 12.3. The van der Waals surface area contributed by atoms with E-state index in [9.17, 15) is 4.79 Å². The zero-order valence-corrected chi connectivity index (χ0v) is 12.5. The van der Waals surface area contributed by atoms with E-state index in [-0.39, 0.29) is 6.04 Å². The lowest BCUT2D eigenvalue weighted by atomic mass is 9.84. The summed E-state index contributed by atoms with van der Waals surface area (Å²) in [5, 5.41) is 3.40. The van der Waals surface area contributed by atoms with Crippen LogP contribution in [-0.4, -0.2) is 36.5 Å². The summed E-state index contributed by atoms with van der Waals surface area (Å²) in [6.45, 7) is 11.3. The SMILES string of the molecule is CCC(C)CC1CCNC(C(=O)N(CC)CC)C1. The van der Waals surface area contributed by atoms with Gasteiger partial charge in [0.2, 0.25) is 5.91 Å². The number of carbonyl (C=O) groups is 1. The van der Waals surface area contributed by atoms with E-state index in [0.29, 0.717) is 5.91 Å². The zero-order chi connectivity index (χ0) is 13.5. The number of amides is 1. The van der Waals surface area contributed by atoms with E-state index in [0.717, 1.165) is 37.9 Å². The van der Waals surface area contributed by atoms with Gasteiger partial charge in [0.1, 0.15) is 0 Å². The van der Waals surface area contributed by atoms with Crippen LogP contribution in [0.4, 0.5) is 0 Å². The average molecular weight is 254 g/mol. The number of nitrogens with zero attached hydrogens (tertiary/aromatic N) is 1. The molecule has 1 heterocycles. The lowest BCUT2D eigenvalue weighted by Crippen LogP contribution is -2.50. The Balaban J connectivity index is 2.50. The molecule has 1 amide bonds. The summed E-state index contributed by atoms with van der Waals surface area (Å²) in [6.07, 6.45) is 4.78. The highest BCUT2D eigenvalue weighted by Crippen LogP contribution is 2.25. The third kappa shape index (κ3) is 4.27. The van der Waals surface area contributed by atoms with Crippen molar-refractivity contribution in [3.05, 3.63) is 0 Å². The minimum atomic E-state index is 0.0627. The number of hydrogen-bond donors (Lipinski definition) is 1. The van der Waals surface area contributed by atoms with Crippen LogP contribution >= 0.6 is 0 Å². The number of nitrogens with one attached hydrogen (secondary N) is 1. The van der Waals surface area contributed by atoms with Crippen molar-refractivity contribution < 1.29 is 4.79 Å². The smallest absolute Gasteiger partial charge is 0.239 e. The summed E-state index contributed by atoms with van der Waals surface area (Å²) in [6, 6.07) is 0.0627. The van der Waals surface area contributed by atoms with Crippen LogP contribution in [0.3, 0.4) is 0 Å². The normalized spacial score (nSPS) is 25.8. The van der Waals surface area contributed by atoms with Crippen LogP contribution in [0.15, 0.2) is 0 Å². The third-order valence-electron chi connectivity index (χ3n) is 4.32. The number of piperidine rings is 1. The highest BCUT2D eigenvalue weighted by atomic mass is 16.2. The van der Waals surface area contributed by atoms with Crippen LogP contribution in [0, 0.1) is 11.8 Å². The van der Waals surface area contributed by atoms with Gasteiger partial charge < -0.3 is 10.2 Å². The van der Waals surface area contributed by atoms with Crippen LogP contribution < -0.4 is 5.32 Å². The Kier molecular flexibility index (Phi) is 6.69. The van der Waals surface area contributed by atoms with E-state index in [1.165, 1.54) is 19.3 Å². The molecule has 0 radical (unpaired) electrons. The minimum Gasteiger partial charge on any atom is -0.342 e. The molecule has 0 saturated carbocycles. The molecular weight excluding hydrogens is 224 g/mol. The molecule has 0 spiro atoms. The monoisotopic (exact) mass is 254 g/mol. The minimum absolute atomic E-state index is 0.0627. The van der Waals surface area contributed by atoms with Gasteiger partial charge in [0, 0.05) is 13.1 Å². The van der Waals surface area contributed by atoms with Gasteiger partial charge in [-0.25, -0.2) is 0 Å². The van der Waals surface area contributed by atoms with Gasteiger partial charge in [-0.15, -0.1) is 0 Å². The Morgan fingerprint density at radius 3 is 2.56 bits per heavy atom. The van der Waals surface area contributed by atoms with Gasteiger partial charge in [0.25, 0.3) is 0 Å². The van der Waals surface area contributed by atoms with E-state index in [1.807, 2.05) is 4.90 Å². The average Bonchev–Trinajstić information content (AvgIpc) is 2.40. The molecule has 1 saturated heterocycles. The molecule has 1 fully saturated rings. The van der Waals surface area contributed by atoms with Crippen LogP contribution in [0.25, 0.3) is 0 Å². The van der Waals surface area contributed by atoms with Crippen molar-refractivity contribution in [2.75, 3.05) is 19.6 Å². The van der Waals surface area contributed by atoms with Gasteiger partial charge in [-0.3, -0.25) is 4.79 Å². The molecule has 3 heteroatoms. The summed E-state index contributed by atoms with van der Waals surface area (Å²) in [4.78, 5) is 14.3. The molecule has 0 aliphatic carbocycles.